The van der Waals surface area contributed by atoms with Crippen LogP contribution in [0.2, 0.25) is 0 Å². The van der Waals surface area contributed by atoms with Gasteiger partial charge in [0.1, 0.15) is 0 Å². The minimum absolute atomic E-state index is 0.107. The second-order valence-electron chi connectivity index (χ2n) is 6.35. The van der Waals surface area contributed by atoms with E-state index in [2.05, 4.69) is 15.4 Å². The first kappa shape index (κ1) is 21.6. The van der Waals surface area contributed by atoms with Crippen molar-refractivity contribution in [2.75, 3.05) is 18.4 Å². The smallest absolute Gasteiger partial charge is 0.251 e. The molecule has 2 amide bonds. The van der Waals surface area contributed by atoms with Gasteiger partial charge in [-0.15, -0.1) is 0 Å². The molecule has 0 saturated carbocycles. The third-order valence-electron chi connectivity index (χ3n) is 3.91. The van der Waals surface area contributed by atoms with E-state index in [1.54, 1.807) is 18.2 Å². The van der Waals surface area contributed by atoms with Crippen LogP contribution in [0.5, 0.6) is 0 Å². The molecule has 3 N–H and O–H groups in total. The average Bonchev–Trinajstić information content (AvgIpc) is 2.66. The van der Waals surface area contributed by atoms with Crippen LogP contribution in [0, 0.1) is 6.92 Å². The highest BCUT2D eigenvalue weighted by Crippen LogP contribution is 2.14. The first-order valence-electron chi connectivity index (χ1n) is 9.06. The lowest BCUT2D eigenvalue weighted by atomic mass is 10.1. The van der Waals surface area contributed by atoms with Crippen molar-refractivity contribution in [2.24, 2.45) is 0 Å². The van der Waals surface area contributed by atoms with Crippen molar-refractivity contribution in [3.05, 3.63) is 59.7 Å². The van der Waals surface area contributed by atoms with Gasteiger partial charge in [0.05, 0.1) is 4.90 Å². The molecule has 2 aromatic carbocycles. The van der Waals surface area contributed by atoms with Gasteiger partial charge in [0.2, 0.25) is 15.9 Å². The van der Waals surface area contributed by atoms with Gasteiger partial charge in [0.25, 0.3) is 5.91 Å². The maximum atomic E-state index is 12.0. The summed E-state index contributed by atoms with van der Waals surface area (Å²) in [7, 11) is -3.53. The van der Waals surface area contributed by atoms with Gasteiger partial charge in [-0.25, -0.2) is 13.1 Å². The molecule has 0 aromatic heterocycles. The Kier molecular flexibility index (Phi) is 7.71. The molecule has 150 valence electrons. The first-order chi connectivity index (χ1) is 13.3. The number of hydrogen-bond donors (Lipinski definition) is 3. The summed E-state index contributed by atoms with van der Waals surface area (Å²) in [5.41, 5.74) is 2.03. The second-order valence-corrected chi connectivity index (χ2v) is 8.11. The molecule has 8 heteroatoms. The molecule has 0 aliphatic rings. The predicted molar refractivity (Wildman–Crippen MR) is 109 cm³/mol. The lowest BCUT2D eigenvalue weighted by Gasteiger charge is -2.09. The highest BCUT2D eigenvalue weighted by molar-refractivity contribution is 7.89. The zero-order chi connectivity index (χ0) is 20.6. The summed E-state index contributed by atoms with van der Waals surface area (Å²) in [5, 5.41) is 5.38. The van der Waals surface area contributed by atoms with Crippen molar-refractivity contribution < 1.29 is 18.0 Å². The second kappa shape index (κ2) is 10.0. The van der Waals surface area contributed by atoms with Crippen LogP contribution in [-0.2, 0) is 14.8 Å². The van der Waals surface area contributed by atoms with E-state index in [0.29, 0.717) is 24.2 Å². The summed E-state index contributed by atoms with van der Waals surface area (Å²) in [6, 6.07) is 13.1. The number of nitrogens with one attached hydrogen (secondary N) is 3. The number of sulfonamides is 1. The van der Waals surface area contributed by atoms with Crippen molar-refractivity contribution >= 4 is 27.5 Å². The summed E-state index contributed by atoms with van der Waals surface area (Å²) in [5.74, 6) is -0.505. The summed E-state index contributed by atoms with van der Waals surface area (Å²) >= 11 is 0. The van der Waals surface area contributed by atoms with Crippen LogP contribution in [0.4, 0.5) is 5.69 Å². The number of carbonyl (C=O) groups is 2. The van der Waals surface area contributed by atoms with E-state index in [-0.39, 0.29) is 29.7 Å². The fourth-order valence-corrected chi connectivity index (χ4v) is 3.57. The Bertz CT molecular complexity index is 925. The number of carbonyl (C=O) groups excluding carboxylic acids is 2. The van der Waals surface area contributed by atoms with Gasteiger partial charge in [0.15, 0.2) is 0 Å². The van der Waals surface area contributed by atoms with Gasteiger partial charge < -0.3 is 10.6 Å². The lowest BCUT2D eigenvalue weighted by Crippen LogP contribution is -2.27. The van der Waals surface area contributed by atoms with E-state index in [4.69, 9.17) is 0 Å². The zero-order valence-electron chi connectivity index (χ0n) is 16.0. The summed E-state index contributed by atoms with van der Waals surface area (Å²) in [4.78, 5) is 24.2. The lowest BCUT2D eigenvalue weighted by molar-refractivity contribution is -0.116. The third kappa shape index (κ3) is 6.47. The predicted octanol–water partition coefficient (Wildman–Crippen LogP) is 2.44. The van der Waals surface area contributed by atoms with Crippen LogP contribution in [0.3, 0.4) is 0 Å². The molecule has 0 saturated heterocycles. The van der Waals surface area contributed by atoms with Crippen LogP contribution in [0.1, 0.15) is 35.7 Å². The molecule has 0 aliphatic heterocycles. The number of rotatable bonds is 9. The molecule has 2 rings (SSSR count). The molecular weight excluding hydrogens is 378 g/mol. The summed E-state index contributed by atoms with van der Waals surface area (Å²) < 4.78 is 26.5. The van der Waals surface area contributed by atoms with Crippen molar-refractivity contribution in [1.82, 2.24) is 10.0 Å². The van der Waals surface area contributed by atoms with Crippen LogP contribution in [0.15, 0.2) is 53.4 Å². The van der Waals surface area contributed by atoms with E-state index in [1.807, 2.05) is 19.9 Å². The molecule has 0 aliphatic carbocycles. The number of aryl methyl sites for hydroxylation is 1. The van der Waals surface area contributed by atoms with Crippen molar-refractivity contribution in [1.29, 1.82) is 0 Å². The van der Waals surface area contributed by atoms with Gasteiger partial charge in [-0.3, -0.25) is 9.59 Å². The fourth-order valence-electron chi connectivity index (χ4n) is 2.44. The van der Waals surface area contributed by atoms with Gasteiger partial charge in [0, 0.05) is 30.8 Å². The van der Waals surface area contributed by atoms with E-state index >= 15 is 0 Å². The molecule has 2 aromatic rings. The SMILES string of the molecule is CCCNS(=O)(=O)c1ccc(NC(=O)CCNC(=O)c2cccc(C)c2)cc1. The fraction of sp³-hybridized carbons (Fsp3) is 0.300. The quantitative estimate of drug-likeness (QED) is 0.598. The van der Waals surface area contributed by atoms with E-state index in [1.165, 1.54) is 24.3 Å². The van der Waals surface area contributed by atoms with Gasteiger partial charge in [-0.2, -0.15) is 0 Å². The molecule has 7 nitrogen and oxygen atoms in total. The molecule has 28 heavy (non-hydrogen) atoms. The van der Waals surface area contributed by atoms with Crippen LogP contribution < -0.4 is 15.4 Å². The summed E-state index contributed by atoms with van der Waals surface area (Å²) in [6.07, 6.45) is 0.809. The maximum Gasteiger partial charge on any atom is 0.251 e. The van der Waals surface area contributed by atoms with Crippen molar-refractivity contribution in [3.8, 4) is 0 Å². The Labute approximate surface area is 165 Å². The van der Waals surface area contributed by atoms with E-state index < -0.39 is 10.0 Å². The summed E-state index contributed by atoms with van der Waals surface area (Å²) in [6.45, 7) is 4.35. The molecule has 0 unspecified atom stereocenters. The van der Waals surface area contributed by atoms with Crippen molar-refractivity contribution in [3.63, 3.8) is 0 Å². The third-order valence-corrected chi connectivity index (χ3v) is 5.39. The van der Waals surface area contributed by atoms with Gasteiger partial charge in [-0.1, -0.05) is 24.6 Å². The molecule has 0 bridgehead atoms. The Morgan fingerprint density at radius 3 is 2.36 bits per heavy atom. The minimum Gasteiger partial charge on any atom is -0.352 e. The zero-order valence-corrected chi connectivity index (χ0v) is 16.8. The Balaban J connectivity index is 1.82. The molecule has 0 spiro atoms. The highest BCUT2D eigenvalue weighted by atomic mass is 32.2. The van der Waals surface area contributed by atoms with Crippen LogP contribution in [-0.4, -0.2) is 33.3 Å². The standard InChI is InChI=1S/C20H25N3O4S/c1-3-12-22-28(26,27)18-9-7-17(8-10-18)23-19(24)11-13-21-20(25)16-6-4-5-15(2)14-16/h4-10,14,22H,3,11-13H2,1-2H3,(H,21,25)(H,23,24). The Morgan fingerprint density at radius 1 is 1.00 bits per heavy atom. The average molecular weight is 404 g/mol. The first-order valence-corrected chi connectivity index (χ1v) is 10.5. The topological polar surface area (TPSA) is 104 Å². The number of anilines is 1. The normalized spacial score (nSPS) is 11.1. The van der Waals surface area contributed by atoms with Crippen LogP contribution in [0.25, 0.3) is 0 Å². The molecule has 0 fully saturated rings. The maximum absolute atomic E-state index is 12.0. The Hall–Kier alpha value is -2.71. The molecule has 0 atom stereocenters. The molecule has 0 heterocycles. The monoisotopic (exact) mass is 403 g/mol. The number of hydrogen-bond acceptors (Lipinski definition) is 4. The van der Waals surface area contributed by atoms with Crippen LogP contribution >= 0.6 is 0 Å². The van der Waals surface area contributed by atoms with Gasteiger partial charge in [-0.05, 0) is 49.7 Å². The highest BCUT2D eigenvalue weighted by Gasteiger charge is 2.13. The molecule has 0 radical (unpaired) electrons. The van der Waals surface area contributed by atoms with E-state index in [0.717, 1.165) is 5.56 Å². The minimum atomic E-state index is -3.53. The van der Waals surface area contributed by atoms with E-state index in [9.17, 15) is 18.0 Å². The molecular formula is C20H25N3O4S. The number of benzene rings is 2. The number of amides is 2. The largest absolute Gasteiger partial charge is 0.352 e. The Morgan fingerprint density at radius 2 is 1.71 bits per heavy atom. The van der Waals surface area contributed by atoms with Gasteiger partial charge >= 0.3 is 0 Å². The van der Waals surface area contributed by atoms with Crippen molar-refractivity contribution in [2.45, 2.75) is 31.6 Å².